The molecule has 0 radical (unpaired) electrons. The number of unbranched alkanes of at least 4 members (excludes halogenated alkanes) is 1. The van der Waals surface area contributed by atoms with Gasteiger partial charge in [0, 0.05) is 53.8 Å². The number of nitrogens with one attached hydrogen (secondary N) is 1. The van der Waals surface area contributed by atoms with Crippen LogP contribution in [-0.2, 0) is 6.54 Å². The van der Waals surface area contributed by atoms with E-state index in [1.165, 1.54) is 0 Å². The SMILES string of the molecule is O=C(CCCCn1ccnc1)c1ccc2nc(-c3ccc4cc[nH]c4c3)c(-c3ccccc3)nc2c1. The Morgan fingerprint density at radius 2 is 1.69 bits per heavy atom. The summed E-state index contributed by atoms with van der Waals surface area (Å²) < 4.78 is 2.03. The van der Waals surface area contributed by atoms with Gasteiger partial charge in [-0.25, -0.2) is 15.0 Å². The molecule has 0 aliphatic carbocycles. The second-order valence-corrected chi connectivity index (χ2v) is 8.95. The van der Waals surface area contributed by atoms with Crippen molar-refractivity contribution in [3.8, 4) is 22.5 Å². The number of ketones is 1. The second-order valence-electron chi connectivity index (χ2n) is 8.95. The number of rotatable bonds is 8. The molecule has 0 saturated carbocycles. The van der Waals surface area contributed by atoms with E-state index in [0.717, 1.165) is 63.8 Å². The number of Topliss-reactive ketones (excluding diaryl/α,β-unsaturated/α-hetero) is 1. The highest BCUT2D eigenvalue weighted by molar-refractivity contribution is 5.99. The highest BCUT2D eigenvalue weighted by atomic mass is 16.1. The largest absolute Gasteiger partial charge is 0.361 e. The number of nitrogens with zero attached hydrogens (tertiary/aromatic N) is 4. The van der Waals surface area contributed by atoms with Crippen LogP contribution >= 0.6 is 0 Å². The minimum atomic E-state index is 0.131. The number of aromatic amines is 1. The Morgan fingerprint density at radius 1 is 0.833 bits per heavy atom. The highest BCUT2D eigenvalue weighted by Crippen LogP contribution is 2.32. The number of fused-ring (bicyclic) bond motifs is 2. The van der Waals surface area contributed by atoms with Gasteiger partial charge in [-0.3, -0.25) is 4.79 Å². The number of hydrogen-bond acceptors (Lipinski definition) is 4. The third-order valence-electron chi connectivity index (χ3n) is 6.49. The van der Waals surface area contributed by atoms with Gasteiger partial charge in [0.25, 0.3) is 0 Å². The van der Waals surface area contributed by atoms with Gasteiger partial charge in [0.15, 0.2) is 5.78 Å². The minimum absolute atomic E-state index is 0.131. The van der Waals surface area contributed by atoms with Crippen LogP contribution in [0.25, 0.3) is 44.5 Å². The van der Waals surface area contributed by atoms with Crippen LogP contribution in [0.4, 0.5) is 0 Å². The van der Waals surface area contributed by atoms with E-state index in [-0.39, 0.29) is 5.78 Å². The molecule has 36 heavy (non-hydrogen) atoms. The van der Waals surface area contributed by atoms with E-state index in [1.807, 2.05) is 65.5 Å². The van der Waals surface area contributed by atoms with Crippen molar-refractivity contribution in [2.45, 2.75) is 25.8 Å². The molecule has 0 aliphatic rings. The van der Waals surface area contributed by atoms with Gasteiger partial charge >= 0.3 is 0 Å². The van der Waals surface area contributed by atoms with E-state index < -0.39 is 0 Å². The van der Waals surface area contributed by atoms with Crippen molar-refractivity contribution >= 4 is 27.7 Å². The van der Waals surface area contributed by atoms with Crippen molar-refractivity contribution < 1.29 is 4.79 Å². The maximum atomic E-state index is 12.9. The summed E-state index contributed by atoms with van der Waals surface area (Å²) in [5, 5.41) is 1.15. The Morgan fingerprint density at radius 3 is 2.56 bits per heavy atom. The molecule has 0 spiro atoms. The number of hydrogen-bond donors (Lipinski definition) is 1. The number of carbonyl (C=O) groups is 1. The molecule has 0 bridgehead atoms. The topological polar surface area (TPSA) is 76.5 Å². The molecule has 6 aromatic rings. The zero-order valence-electron chi connectivity index (χ0n) is 19.8. The van der Waals surface area contributed by atoms with Crippen molar-refractivity contribution in [3.63, 3.8) is 0 Å². The fourth-order valence-electron chi connectivity index (χ4n) is 4.56. The maximum absolute atomic E-state index is 12.9. The highest BCUT2D eigenvalue weighted by Gasteiger charge is 2.15. The summed E-state index contributed by atoms with van der Waals surface area (Å²) in [6, 6.07) is 24.1. The van der Waals surface area contributed by atoms with Gasteiger partial charge in [-0.1, -0.05) is 42.5 Å². The standard InChI is InChI=1S/C30H25N5O/c36-28(8-4-5-16-35-17-15-31-20-35)23-11-12-25-27(18-23)34-29(22-6-2-1-3-7-22)30(33-25)24-10-9-21-13-14-32-26(21)19-24/h1-3,6-7,9-15,17-20,32H,4-5,8,16H2. The number of aromatic nitrogens is 5. The van der Waals surface area contributed by atoms with E-state index in [2.05, 4.69) is 34.2 Å². The molecule has 6 heteroatoms. The van der Waals surface area contributed by atoms with E-state index in [4.69, 9.17) is 9.97 Å². The fourth-order valence-corrected chi connectivity index (χ4v) is 4.56. The minimum Gasteiger partial charge on any atom is -0.361 e. The molecule has 3 aromatic heterocycles. The molecule has 0 unspecified atom stereocenters. The molecule has 6 nitrogen and oxygen atoms in total. The summed E-state index contributed by atoms with van der Waals surface area (Å²) in [7, 11) is 0. The molecular weight excluding hydrogens is 446 g/mol. The molecule has 3 heterocycles. The van der Waals surface area contributed by atoms with Gasteiger partial charge in [0.05, 0.1) is 28.7 Å². The lowest BCUT2D eigenvalue weighted by atomic mass is 10.0. The van der Waals surface area contributed by atoms with E-state index >= 15 is 0 Å². The summed E-state index contributed by atoms with van der Waals surface area (Å²) in [5.74, 6) is 0.131. The van der Waals surface area contributed by atoms with Crippen LogP contribution in [0.3, 0.4) is 0 Å². The lowest BCUT2D eigenvalue weighted by Crippen LogP contribution is -2.02. The Hall–Kier alpha value is -4.58. The van der Waals surface area contributed by atoms with Crippen molar-refractivity contribution in [2.75, 3.05) is 0 Å². The predicted molar refractivity (Wildman–Crippen MR) is 143 cm³/mol. The molecule has 0 fully saturated rings. The molecular formula is C30H25N5O. The first-order valence-electron chi connectivity index (χ1n) is 12.2. The summed E-state index contributed by atoms with van der Waals surface area (Å²) in [4.78, 5) is 30.3. The monoisotopic (exact) mass is 471 g/mol. The van der Waals surface area contributed by atoms with Gasteiger partial charge in [-0.15, -0.1) is 0 Å². The smallest absolute Gasteiger partial charge is 0.162 e. The number of benzene rings is 3. The summed E-state index contributed by atoms with van der Waals surface area (Å²) in [5.41, 5.74) is 6.85. The zero-order chi connectivity index (χ0) is 24.3. The molecule has 6 rings (SSSR count). The Labute approximate surface area is 208 Å². The summed E-state index contributed by atoms with van der Waals surface area (Å²) >= 11 is 0. The van der Waals surface area contributed by atoms with Crippen LogP contribution in [0.2, 0.25) is 0 Å². The number of imidazole rings is 1. The second kappa shape index (κ2) is 9.58. The molecule has 0 saturated heterocycles. The molecule has 176 valence electrons. The molecule has 0 amide bonds. The number of aryl methyl sites for hydroxylation is 1. The third-order valence-corrected chi connectivity index (χ3v) is 6.49. The van der Waals surface area contributed by atoms with Crippen LogP contribution in [0, 0.1) is 0 Å². The average molecular weight is 472 g/mol. The Balaban J connectivity index is 1.33. The van der Waals surface area contributed by atoms with Gasteiger partial charge in [-0.2, -0.15) is 0 Å². The third kappa shape index (κ3) is 4.41. The molecule has 3 aromatic carbocycles. The predicted octanol–water partition coefficient (Wildman–Crippen LogP) is 6.69. The van der Waals surface area contributed by atoms with Gasteiger partial charge in [0.2, 0.25) is 0 Å². The average Bonchev–Trinajstić information content (AvgIpc) is 3.62. The van der Waals surface area contributed by atoms with E-state index in [9.17, 15) is 4.79 Å². The maximum Gasteiger partial charge on any atom is 0.162 e. The quantitative estimate of drug-likeness (QED) is 0.198. The van der Waals surface area contributed by atoms with Crippen molar-refractivity contribution in [1.29, 1.82) is 0 Å². The Kier molecular flexibility index (Phi) is 5.83. The first-order valence-corrected chi connectivity index (χ1v) is 12.2. The summed E-state index contributed by atoms with van der Waals surface area (Å²) in [6.07, 6.45) is 9.73. The first kappa shape index (κ1) is 21.9. The van der Waals surface area contributed by atoms with E-state index in [0.29, 0.717) is 12.0 Å². The van der Waals surface area contributed by atoms with Crippen LogP contribution in [0.15, 0.2) is 97.7 Å². The lowest BCUT2D eigenvalue weighted by molar-refractivity contribution is 0.0979. The van der Waals surface area contributed by atoms with E-state index in [1.54, 1.807) is 12.5 Å². The van der Waals surface area contributed by atoms with Crippen molar-refractivity contribution in [2.24, 2.45) is 0 Å². The molecule has 1 N–H and O–H groups in total. The zero-order valence-corrected chi connectivity index (χ0v) is 19.8. The van der Waals surface area contributed by atoms with Crippen LogP contribution in [0.5, 0.6) is 0 Å². The van der Waals surface area contributed by atoms with Gasteiger partial charge in [-0.05, 0) is 48.6 Å². The van der Waals surface area contributed by atoms with Crippen LogP contribution in [0.1, 0.15) is 29.6 Å². The van der Waals surface area contributed by atoms with Crippen molar-refractivity contribution in [1.82, 2.24) is 24.5 Å². The van der Waals surface area contributed by atoms with Crippen LogP contribution in [-0.4, -0.2) is 30.3 Å². The normalized spacial score (nSPS) is 11.3. The van der Waals surface area contributed by atoms with Crippen LogP contribution < -0.4 is 0 Å². The van der Waals surface area contributed by atoms with Crippen molar-refractivity contribution in [3.05, 3.63) is 103 Å². The lowest BCUT2D eigenvalue weighted by Gasteiger charge is -2.12. The van der Waals surface area contributed by atoms with Gasteiger partial charge in [0.1, 0.15) is 0 Å². The molecule has 0 atom stereocenters. The van der Waals surface area contributed by atoms with Gasteiger partial charge < -0.3 is 9.55 Å². The summed E-state index contributed by atoms with van der Waals surface area (Å²) in [6.45, 7) is 0.869. The number of carbonyl (C=O) groups excluding carboxylic acids is 1. The first-order chi connectivity index (χ1) is 17.7. The Bertz CT molecular complexity index is 1650. The molecule has 0 aliphatic heterocycles. The number of H-pyrrole nitrogens is 1. The fraction of sp³-hybridized carbons (Fsp3) is 0.133.